The molecule has 5 nitrogen and oxygen atoms in total. The molecule has 0 bridgehead atoms. The number of allylic oxidation sites excluding steroid dienone is 1. The van der Waals surface area contributed by atoms with Crippen LogP contribution in [0.1, 0.15) is 38.5 Å². The van der Waals surface area contributed by atoms with Crippen molar-refractivity contribution in [3.8, 4) is 0 Å². The highest BCUT2D eigenvalue weighted by Crippen LogP contribution is 2.30. The molecular weight excluding hydrogens is 314 g/mol. The standard InChI is InChI=1S/C20H27N3O2/c24-19(10-9-16-7-8-16)21-17-5-4-6-18(15-17)22-20(25)11-14-23-12-2-1-3-13-23/h4-6,9-10,15-16H,1-3,7-8,11-14H2,(H,21,24)(H,22,25)/b10-9+. The zero-order chi connectivity index (χ0) is 17.5. The highest BCUT2D eigenvalue weighted by Gasteiger charge is 2.17. The lowest BCUT2D eigenvalue weighted by molar-refractivity contribution is -0.116. The molecular formula is C20H27N3O2. The minimum atomic E-state index is -0.125. The lowest BCUT2D eigenvalue weighted by atomic mass is 10.1. The maximum absolute atomic E-state index is 12.1. The molecule has 1 aliphatic carbocycles. The van der Waals surface area contributed by atoms with Crippen molar-refractivity contribution in [3.05, 3.63) is 36.4 Å². The number of rotatable bonds is 7. The highest BCUT2D eigenvalue weighted by molar-refractivity contribution is 6.00. The summed E-state index contributed by atoms with van der Waals surface area (Å²) in [6, 6.07) is 7.29. The second-order valence-corrected chi connectivity index (χ2v) is 6.97. The lowest BCUT2D eigenvalue weighted by Crippen LogP contribution is -2.32. The maximum atomic E-state index is 12.1. The summed E-state index contributed by atoms with van der Waals surface area (Å²) in [6.07, 6.45) is 10.2. The van der Waals surface area contributed by atoms with Gasteiger partial charge in [0.2, 0.25) is 11.8 Å². The molecule has 1 heterocycles. The Morgan fingerprint density at radius 2 is 1.80 bits per heavy atom. The average molecular weight is 341 g/mol. The summed E-state index contributed by atoms with van der Waals surface area (Å²) in [5.41, 5.74) is 1.41. The van der Waals surface area contributed by atoms with Crippen molar-refractivity contribution < 1.29 is 9.59 Å². The van der Waals surface area contributed by atoms with Gasteiger partial charge >= 0.3 is 0 Å². The number of anilines is 2. The molecule has 0 aromatic heterocycles. The van der Waals surface area contributed by atoms with E-state index in [2.05, 4.69) is 15.5 Å². The Hall–Kier alpha value is -2.14. The predicted octanol–water partition coefficient (Wildman–Crippen LogP) is 3.41. The van der Waals surface area contributed by atoms with Crippen molar-refractivity contribution in [3.63, 3.8) is 0 Å². The van der Waals surface area contributed by atoms with Gasteiger partial charge in [0.05, 0.1) is 0 Å². The molecule has 3 rings (SSSR count). The molecule has 0 radical (unpaired) electrons. The van der Waals surface area contributed by atoms with Gasteiger partial charge in [0.1, 0.15) is 0 Å². The minimum Gasteiger partial charge on any atom is -0.326 e. The highest BCUT2D eigenvalue weighted by atomic mass is 16.2. The van der Waals surface area contributed by atoms with Gasteiger partial charge in [0, 0.05) is 24.3 Å². The van der Waals surface area contributed by atoms with Gasteiger partial charge < -0.3 is 15.5 Å². The monoisotopic (exact) mass is 341 g/mol. The van der Waals surface area contributed by atoms with E-state index in [1.807, 2.05) is 24.3 Å². The summed E-state index contributed by atoms with van der Waals surface area (Å²) in [6.45, 7) is 3.01. The number of benzene rings is 1. The Bertz CT molecular complexity index is 632. The van der Waals surface area contributed by atoms with Crippen molar-refractivity contribution >= 4 is 23.2 Å². The van der Waals surface area contributed by atoms with Gasteiger partial charge in [-0.3, -0.25) is 9.59 Å². The Kier molecular flexibility index (Phi) is 6.23. The topological polar surface area (TPSA) is 61.4 Å². The van der Waals surface area contributed by atoms with E-state index in [9.17, 15) is 9.59 Å². The Labute approximate surface area is 149 Å². The van der Waals surface area contributed by atoms with Crippen LogP contribution in [0.4, 0.5) is 11.4 Å². The molecule has 1 saturated heterocycles. The van der Waals surface area contributed by atoms with Crippen LogP contribution in [0, 0.1) is 5.92 Å². The van der Waals surface area contributed by atoms with Gasteiger partial charge in [-0.25, -0.2) is 0 Å². The fourth-order valence-electron chi connectivity index (χ4n) is 3.04. The molecule has 0 atom stereocenters. The first kappa shape index (κ1) is 17.7. The molecule has 1 aromatic rings. The molecule has 2 aliphatic rings. The molecule has 0 spiro atoms. The van der Waals surface area contributed by atoms with Gasteiger partial charge in [-0.2, -0.15) is 0 Å². The van der Waals surface area contributed by atoms with Gasteiger partial charge in [-0.15, -0.1) is 0 Å². The van der Waals surface area contributed by atoms with Crippen molar-refractivity contribution in [2.75, 3.05) is 30.3 Å². The molecule has 5 heteroatoms. The number of nitrogens with zero attached hydrogens (tertiary/aromatic N) is 1. The van der Waals surface area contributed by atoms with Gasteiger partial charge in [0.15, 0.2) is 0 Å². The van der Waals surface area contributed by atoms with Crippen LogP contribution in [0.3, 0.4) is 0 Å². The fraction of sp³-hybridized carbons (Fsp3) is 0.500. The normalized spacial score (nSPS) is 18.2. The Morgan fingerprint density at radius 3 is 2.52 bits per heavy atom. The first-order valence-corrected chi connectivity index (χ1v) is 9.30. The summed E-state index contributed by atoms with van der Waals surface area (Å²) in [5, 5.41) is 5.76. The van der Waals surface area contributed by atoms with E-state index >= 15 is 0 Å². The van der Waals surface area contributed by atoms with Crippen LogP contribution in [0.5, 0.6) is 0 Å². The summed E-state index contributed by atoms with van der Waals surface area (Å²) in [5.74, 6) is 0.472. The molecule has 134 valence electrons. The number of likely N-dealkylation sites (tertiary alicyclic amines) is 1. The zero-order valence-electron chi connectivity index (χ0n) is 14.7. The third-order valence-corrected chi connectivity index (χ3v) is 4.66. The first-order chi connectivity index (χ1) is 12.2. The number of amides is 2. The van der Waals surface area contributed by atoms with E-state index in [1.54, 1.807) is 12.1 Å². The van der Waals surface area contributed by atoms with Gasteiger partial charge in [-0.05, 0) is 69.0 Å². The van der Waals surface area contributed by atoms with E-state index in [1.165, 1.54) is 32.1 Å². The molecule has 2 N–H and O–H groups in total. The van der Waals surface area contributed by atoms with Gasteiger partial charge in [-0.1, -0.05) is 18.6 Å². The van der Waals surface area contributed by atoms with Crippen molar-refractivity contribution in [2.24, 2.45) is 5.92 Å². The molecule has 25 heavy (non-hydrogen) atoms. The number of carbonyl (C=O) groups is 2. The van der Waals surface area contributed by atoms with Crippen LogP contribution in [-0.2, 0) is 9.59 Å². The fourth-order valence-corrected chi connectivity index (χ4v) is 3.04. The quantitative estimate of drug-likeness (QED) is 0.747. The van der Waals surface area contributed by atoms with E-state index in [4.69, 9.17) is 0 Å². The Balaban J connectivity index is 1.45. The molecule has 2 amide bonds. The SMILES string of the molecule is O=C(/C=C/C1CC1)Nc1cccc(NC(=O)CCN2CCCCC2)c1. The largest absolute Gasteiger partial charge is 0.326 e. The summed E-state index contributed by atoms with van der Waals surface area (Å²) in [7, 11) is 0. The third kappa shape index (κ3) is 6.35. The maximum Gasteiger partial charge on any atom is 0.248 e. The van der Waals surface area contributed by atoms with E-state index in [0.29, 0.717) is 23.7 Å². The number of hydrogen-bond donors (Lipinski definition) is 2. The van der Waals surface area contributed by atoms with Crippen molar-refractivity contribution in [1.29, 1.82) is 0 Å². The van der Waals surface area contributed by atoms with Crippen LogP contribution in [0.2, 0.25) is 0 Å². The van der Waals surface area contributed by atoms with Crippen LogP contribution in [-0.4, -0.2) is 36.3 Å². The van der Waals surface area contributed by atoms with Crippen LogP contribution < -0.4 is 10.6 Å². The third-order valence-electron chi connectivity index (χ3n) is 4.66. The second-order valence-electron chi connectivity index (χ2n) is 6.97. The second kappa shape index (κ2) is 8.81. The summed E-state index contributed by atoms with van der Waals surface area (Å²) >= 11 is 0. The smallest absolute Gasteiger partial charge is 0.248 e. The molecule has 0 unspecified atom stereocenters. The minimum absolute atomic E-state index is 0.0164. The predicted molar refractivity (Wildman–Crippen MR) is 100 cm³/mol. The van der Waals surface area contributed by atoms with Crippen molar-refractivity contribution in [2.45, 2.75) is 38.5 Å². The molecule has 1 aromatic carbocycles. The average Bonchev–Trinajstić information content (AvgIpc) is 3.44. The zero-order valence-corrected chi connectivity index (χ0v) is 14.7. The van der Waals surface area contributed by atoms with Crippen LogP contribution in [0.15, 0.2) is 36.4 Å². The van der Waals surface area contributed by atoms with E-state index in [-0.39, 0.29) is 11.8 Å². The number of hydrogen-bond acceptors (Lipinski definition) is 3. The van der Waals surface area contributed by atoms with E-state index in [0.717, 1.165) is 19.6 Å². The number of carbonyl (C=O) groups excluding carboxylic acids is 2. The lowest BCUT2D eigenvalue weighted by Gasteiger charge is -2.25. The van der Waals surface area contributed by atoms with Crippen molar-refractivity contribution in [1.82, 2.24) is 4.90 Å². The van der Waals surface area contributed by atoms with E-state index < -0.39 is 0 Å². The number of piperidine rings is 1. The van der Waals surface area contributed by atoms with Crippen LogP contribution >= 0.6 is 0 Å². The first-order valence-electron chi connectivity index (χ1n) is 9.30. The molecule has 1 aliphatic heterocycles. The summed E-state index contributed by atoms with van der Waals surface area (Å²) < 4.78 is 0. The van der Waals surface area contributed by atoms with Gasteiger partial charge in [0.25, 0.3) is 0 Å². The summed E-state index contributed by atoms with van der Waals surface area (Å²) in [4.78, 5) is 26.4. The Morgan fingerprint density at radius 1 is 1.08 bits per heavy atom. The van der Waals surface area contributed by atoms with Crippen LogP contribution in [0.25, 0.3) is 0 Å². The number of nitrogens with one attached hydrogen (secondary N) is 2. The molecule has 2 fully saturated rings. The molecule has 1 saturated carbocycles.